The van der Waals surface area contributed by atoms with Gasteiger partial charge < -0.3 is 14.4 Å². The molecule has 0 saturated heterocycles. The quantitative estimate of drug-likeness (QED) is 0.621. The third-order valence-corrected chi connectivity index (χ3v) is 7.00. The third-order valence-electron chi connectivity index (χ3n) is 7.00. The lowest BCUT2D eigenvalue weighted by Crippen LogP contribution is -2.48. The topological polar surface area (TPSA) is 51.5 Å². The minimum Gasteiger partial charge on any atom is -0.496 e. The molecular formula is C26H26FNO3. The first-order valence-corrected chi connectivity index (χ1v) is 10.7. The molecule has 0 bridgehead atoms. The van der Waals surface area contributed by atoms with Crippen LogP contribution < -0.4 is 10.2 Å². The summed E-state index contributed by atoms with van der Waals surface area (Å²) >= 11 is 0. The van der Waals surface area contributed by atoms with Crippen LogP contribution in [0.4, 0.5) is 4.39 Å². The maximum Gasteiger partial charge on any atom is 0.189 e. The van der Waals surface area contributed by atoms with Crippen LogP contribution >= 0.6 is 0 Å². The minimum absolute atomic E-state index is 0.0315. The van der Waals surface area contributed by atoms with Gasteiger partial charge in [-0.05, 0) is 55.5 Å². The molecule has 1 aromatic heterocycles. The fraction of sp³-hybridized carbons (Fsp3) is 0.346. The van der Waals surface area contributed by atoms with Gasteiger partial charge in [0.15, 0.2) is 5.43 Å². The van der Waals surface area contributed by atoms with Crippen molar-refractivity contribution in [2.75, 3.05) is 7.11 Å². The number of aromatic nitrogens is 1. The van der Waals surface area contributed by atoms with Gasteiger partial charge in [0.25, 0.3) is 0 Å². The number of nitrogens with zero attached hydrogens (tertiary/aromatic N) is 1. The Kier molecular flexibility index (Phi) is 4.56. The van der Waals surface area contributed by atoms with Gasteiger partial charge in [-0.15, -0.1) is 0 Å². The Morgan fingerprint density at radius 1 is 1.16 bits per heavy atom. The molecule has 1 N–H and O–H groups in total. The molecule has 0 aliphatic heterocycles. The van der Waals surface area contributed by atoms with Crippen molar-refractivity contribution in [2.24, 2.45) is 5.92 Å². The molecule has 5 rings (SSSR count). The zero-order valence-corrected chi connectivity index (χ0v) is 17.7. The van der Waals surface area contributed by atoms with Gasteiger partial charge in [0, 0.05) is 28.6 Å². The number of rotatable bonds is 4. The van der Waals surface area contributed by atoms with Crippen molar-refractivity contribution < 1.29 is 14.2 Å². The van der Waals surface area contributed by atoms with Crippen LogP contribution in [0.25, 0.3) is 10.9 Å². The first-order chi connectivity index (χ1) is 14.9. The Balaban J connectivity index is 1.68. The lowest BCUT2D eigenvalue weighted by Gasteiger charge is -2.46. The lowest BCUT2D eigenvalue weighted by atomic mass is 9.65. The predicted octanol–water partition coefficient (Wildman–Crippen LogP) is 4.75. The smallest absolute Gasteiger partial charge is 0.189 e. The minimum atomic E-state index is -1.03. The maximum absolute atomic E-state index is 14.2. The molecule has 0 spiro atoms. The lowest BCUT2D eigenvalue weighted by molar-refractivity contribution is -0.0419. The van der Waals surface area contributed by atoms with E-state index in [2.05, 4.69) is 6.08 Å². The van der Waals surface area contributed by atoms with E-state index in [9.17, 15) is 14.3 Å². The second-order valence-corrected chi connectivity index (χ2v) is 9.11. The molecule has 31 heavy (non-hydrogen) atoms. The van der Waals surface area contributed by atoms with Gasteiger partial charge in [0.1, 0.15) is 11.6 Å². The van der Waals surface area contributed by atoms with Crippen molar-refractivity contribution in [3.8, 4) is 5.75 Å². The van der Waals surface area contributed by atoms with Gasteiger partial charge in [0.2, 0.25) is 0 Å². The summed E-state index contributed by atoms with van der Waals surface area (Å²) in [6.07, 6.45) is 8.19. The maximum atomic E-state index is 14.2. The molecule has 160 valence electrons. The van der Waals surface area contributed by atoms with Gasteiger partial charge in [-0.25, -0.2) is 4.39 Å². The van der Waals surface area contributed by atoms with Crippen LogP contribution in [-0.4, -0.2) is 22.4 Å². The average molecular weight is 419 g/mol. The van der Waals surface area contributed by atoms with Gasteiger partial charge >= 0.3 is 0 Å². The van der Waals surface area contributed by atoms with Crippen molar-refractivity contribution in [3.05, 3.63) is 88.5 Å². The van der Waals surface area contributed by atoms with Crippen molar-refractivity contribution >= 4 is 10.9 Å². The number of methoxy groups -OCH3 is 1. The van der Waals surface area contributed by atoms with E-state index in [1.807, 2.05) is 41.8 Å². The van der Waals surface area contributed by atoms with Gasteiger partial charge in [-0.1, -0.05) is 31.2 Å². The second-order valence-electron chi connectivity index (χ2n) is 9.11. The molecule has 3 atom stereocenters. The van der Waals surface area contributed by atoms with Crippen LogP contribution in [-0.2, 0) is 5.41 Å². The summed E-state index contributed by atoms with van der Waals surface area (Å²) in [7, 11) is 1.58. The Morgan fingerprint density at radius 2 is 1.94 bits per heavy atom. The zero-order chi connectivity index (χ0) is 21.8. The molecule has 3 aromatic rings. The highest BCUT2D eigenvalue weighted by molar-refractivity contribution is 5.79. The summed E-state index contributed by atoms with van der Waals surface area (Å²) in [5.41, 5.74) is -0.116. The molecule has 2 aliphatic carbocycles. The number of ether oxygens (including phenoxy) is 1. The Hall–Kier alpha value is -2.92. The summed E-state index contributed by atoms with van der Waals surface area (Å²) in [4.78, 5) is 12.4. The molecule has 2 aromatic carbocycles. The zero-order valence-electron chi connectivity index (χ0n) is 17.7. The molecule has 4 nitrogen and oxygen atoms in total. The van der Waals surface area contributed by atoms with E-state index >= 15 is 0 Å². The van der Waals surface area contributed by atoms with Crippen LogP contribution in [0.5, 0.6) is 5.75 Å². The molecule has 1 fully saturated rings. The number of benzene rings is 2. The fourth-order valence-electron chi connectivity index (χ4n) is 5.30. The van der Waals surface area contributed by atoms with Gasteiger partial charge in [0.05, 0.1) is 24.3 Å². The number of hydrogen-bond acceptors (Lipinski definition) is 3. The highest BCUT2D eigenvalue weighted by Crippen LogP contribution is 2.55. The summed E-state index contributed by atoms with van der Waals surface area (Å²) < 4.78 is 21.7. The van der Waals surface area contributed by atoms with Crippen molar-refractivity contribution in [3.63, 3.8) is 0 Å². The van der Waals surface area contributed by atoms with E-state index < -0.39 is 11.0 Å². The number of fused-ring (bicyclic) bond motifs is 1. The van der Waals surface area contributed by atoms with Crippen LogP contribution in [0.15, 0.2) is 71.7 Å². The molecule has 5 heteroatoms. The number of aliphatic hydroxyl groups is 1. The highest BCUT2D eigenvalue weighted by Gasteiger charge is 2.54. The summed E-state index contributed by atoms with van der Waals surface area (Å²) in [5, 5.41) is 12.7. The Labute approximate surface area is 180 Å². The largest absolute Gasteiger partial charge is 0.496 e. The predicted molar refractivity (Wildman–Crippen MR) is 119 cm³/mol. The monoisotopic (exact) mass is 419 g/mol. The molecule has 0 radical (unpaired) electrons. The first-order valence-electron chi connectivity index (χ1n) is 10.7. The molecule has 1 heterocycles. The standard InChI is InChI=1S/C26H26FNO3/c1-25(20-15-18(27)9-10-23(20)31-2)13-11-24(26(30,16-25)17-7-8-17)28-14-12-22(29)19-5-3-4-6-21(19)28/h3-6,9-15,17,24,30H,7-8,16H2,1-2H3. The SMILES string of the molecule is COc1ccc(F)cc1C1(C)C=CC(n2ccc(=O)c3ccccc32)C(O)(C2CC2)C1. The average Bonchev–Trinajstić information content (AvgIpc) is 3.61. The van der Waals surface area contributed by atoms with Gasteiger partial charge in [-0.3, -0.25) is 4.79 Å². The van der Waals surface area contributed by atoms with Crippen molar-refractivity contribution in [1.82, 2.24) is 4.57 Å². The van der Waals surface area contributed by atoms with E-state index in [0.29, 0.717) is 17.6 Å². The molecule has 1 saturated carbocycles. The van der Waals surface area contributed by atoms with Crippen molar-refractivity contribution in [1.29, 1.82) is 0 Å². The first kappa shape index (κ1) is 20.0. The highest BCUT2D eigenvalue weighted by atomic mass is 19.1. The number of allylic oxidation sites excluding steroid dienone is 1. The number of hydrogen-bond donors (Lipinski definition) is 1. The van der Waals surface area contributed by atoms with Gasteiger partial charge in [-0.2, -0.15) is 0 Å². The summed E-state index contributed by atoms with van der Waals surface area (Å²) in [6.45, 7) is 2.02. The molecule has 2 aliphatic rings. The van der Waals surface area contributed by atoms with Crippen LogP contribution in [0.1, 0.15) is 37.8 Å². The Morgan fingerprint density at radius 3 is 2.68 bits per heavy atom. The molecular weight excluding hydrogens is 393 g/mol. The van der Waals surface area contributed by atoms with E-state index in [1.54, 1.807) is 25.4 Å². The summed E-state index contributed by atoms with van der Waals surface area (Å²) in [5.74, 6) is 0.437. The number of halogens is 1. The normalized spacial score (nSPS) is 28.1. The van der Waals surface area contributed by atoms with E-state index in [1.165, 1.54) is 12.1 Å². The fourth-order valence-corrected chi connectivity index (χ4v) is 5.30. The number of para-hydroxylation sites is 1. The Bertz CT molecular complexity index is 1240. The molecule has 0 amide bonds. The van der Waals surface area contributed by atoms with Crippen molar-refractivity contribution in [2.45, 2.75) is 43.2 Å². The van der Waals surface area contributed by atoms with E-state index in [-0.39, 0.29) is 23.2 Å². The molecule has 3 unspecified atom stereocenters. The third kappa shape index (κ3) is 3.19. The second kappa shape index (κ2) is 7.06. The number of pyridine rings is 1. The van der Waals surface area contributed by atoms with Crippen LogP contribution in [0, 0.1) is 11.7 Å². The van der Waals surface area contributed by atoms with Crippen LogP contribution in [0.3, 0.4) is 0 Å². The van der Waals surface area contributed by atoms with E-state index in [4.69, 9.17) is 4.74 Å². The summed E-state index contributed by atoms with van der Waals surface area (Å²) in [6, 6.07) is 13.3. The van der Waals surface area contributed by atoms with Crippen LogP contribution in [0.2, 0.25) is 0 Å². The van der Waals surface area contributed by atoms with E-state index in [0.717, 1.165) is 23.9 Å².